The van der Waals surface area contributed by atoms with Gasteiger partial charge in [0.1, 0.15) is 5.75 Å². The molecule has 1 aliphatic heterocycles. The van der Waals surface area contributed by atoms with Crippen molar-refractivity contribution in [2.75, 3.05) is 24.6 Å². The number of nitrogens with two attached hydrogens (primary N) is 1. The molecule has 1 saturated heterocycles. The molecule has 0 aromatic heterocycles. The van der Waals surface area contributed by atoms with Crippen LogP contribution in [0.1, 0.15) is 26.2 Å². The number of halogens is 1. The van der Waals surface area contributed by atoms with Crippen LogP contribution in [-0.2, 0) is 9.59 Å². The summed E-state index contributed by atoms with van der Waals surface area (Å²) < 4.78 is 5.48. The molecule has 1 heterocycles. The molecule has 0 radical (unpaired) electrons. The van der Waals surface area contributed by atoms with Crippen molar-refractivity contribution >= 4 is 29.9 Å². The lowest BCUT2D eigenvalue weighted by atomic mass is 10.2. The third-order valence-corrected chi connectivity index (χ3v) is 3.49. The Labute approximate surface area is 142 Å². The first-order chi connectivity index (χ1) is 10.6. The van der Waals surface area contributed by atoms with Crippen molar-refractivity contribution < 1.29 is 14.3 Å². The highest BCUT2D eigenvalue weighted by molar-refractivity contribution is 5.95. The van der Waals surface area contributed by atoms with Gasteiger partial charge in [-0.2, -0.15) is 0 Å². The number of hydrogen-bond acceptors (Lipinski definition) is 4. The normalized spacial score (nSPS) is 15.0. The molecule has 1 fully saturated rings. The van der Waals surface area contributed by atoms with E-state index in [0.717, 1.165) is 25.1 Å². The van der Waals surface area contributed by atoms with E-state index in [1.165, 1.54) is 0 Å². The standard InChI is InChI=1S/C16H23N3O3.ClH/c1-12(17)7-8-18-15(20)11-22-14-5-2-4-13(10-14)19-9-3-6-16(19)21;/h2,4-5,10,12H,3,6-9,11,17H2,1H3,(H,18,20);1H. The van der Waals surface area contributed by atoms with E-state index in [9.17, 15) is 9.59 Å². The second-order valence-electron chi connectivity index (χ2n) is 5.55. The monoisotopic (exact) mass is 341 g/mol. The van der Waals surface area contributed by atoms with Gasteiger partial charge in [-0.1, -0.05) is 6.07 Å². The summed E-state index contributed by atoms with van der Waals surface area (Å²) in [6, 6.07) is 7.33. The Balaban J connectivity index is 0.00000264. The summed E-state index contributed by atoms with van der Waals surface area (Å²) in [6.07, 6.45) is 2.21. The van der Waals surface area contributed by atoms with Crippen LogP contribution in [0.4, 0.5) is 5.69 Å². The maximum absolute atomic E-state index is 11.7. The number of benzene rings is 1. The van der Waals surface area contributed by atoms with E-state index in [1.807, 2.05) is 19.1 Å². The van der Waals surface area contributed by atoms with Crippen LogP contribution in [0.25, 0.3) is 0 Å². The Morgan fingerprint density at radius 2 is 2.26 bits per heavy atom. The quantitative estimate of drug-likeness (QED) is 0.786. The molecular formula is C16H24ClN3O3. The first-order valence-electron chi connectivity index (χ1n) is 7.62. The lowest BCUT2D eigenvalue weighted by molar-refractivity contribution is -0.123. The Bertz CT molecular complexity index is 537. The number of hydrogen-bond donors (Lipinski definition) is 2. The second-order valence-corrected chi connectivity index (χ2v) is 5.55. The molecule has 2 rings (SSSR count). The zero-order valence-corrected chi connectivity index (χ0v) is 14.1. The fourth-order valence-electron chi connectivity index (χ4n) is 2.30. The highest BCUT2D eigenvalue weighted by Crippen LogP contribution is 2.25. The van der Waals surface area contributed by atoms with E-state index in [2.05, 4.69) is 5.32 Å². The molecule has 3 N–H and O–H groups in total. The highest BCUT2D eigenvalue weighted by Gasteiger charge is 2.21. The summed E-state index contributed by atoms with van der Waals surface area (Å²) in [5.74, 6) is 0.536. The molecule has 1 aromatic carbocycles. The minimum absolute atomic E-state index is 0. The van der Waals surface area contributed by atoms with Crippen molar-refractivity contribution in [3.63, 3.8) is 0 Å². The predicted octanol–water partition coefficient (Wildman–Crippen LogP) is 1.47. The molecule has 128 valence electrons. The number of carbonyl (C=O) groups excluding carboxylic acids is 2. The van der Waals surface area contributed by atoms with Crippen molar-refractivity contribution in [1.82, 2.24) is 5.32 Å². The van der Waals surface area contributed by atoms with E-state index in [0.29, 0.717) is 18.7 Å². The van der Waals surface area contributed by atoms with Crippen LogP contribution >= 0.6 is 12.4 Å². The van der Waals surface area contributed by atoms with Crippen LogP contribution in [0.5, 0.6) is 5.75 Å². The van der Waals surface area contributed by atoms with Gasteiger partial charge in [0.25, 0.3) is 5.91 Å². The van der Waals surface area contributed by atoms with Gasteiger partial charge in [0.15, 0.2) is 6.61 Å². The van der Waals surface area contributed by atoms with Gasteiger partial charge in [-0.25, -0.2) is 0 Å². The molecule has 0 spiro atoms. The topological polar surface area (TPSA) is 84.7 Å². The lowest BCUT2D eigenvalue weighted by Gasteiger charge is -2.16. The zero-order chi connectivity index (χ0) is 15.9. The van der Waals surface area contributed by atoms with E-state index in [4.69, 9.17) is 10.5 Å². The molecule has 1 unspecified atom stereocenters. The fraction of sp³-hybridized carbons (Fsp3) is 0.500. The Morgan fingerprint density at radius 3 is 2.91 bits per heavy atom. The average Bonchev–Trinajstić information content (AvgIpc) is 2.91. The molecule has 2 amide bonds. The minimum Gasteiger partial charge on any atom is -0.484 e. The third kappa shape index (κ3) is 6.08. The maximum atomic E-state index is 11.7. The van der Waals surface area contributed by atoms with Crippen molar-refractivity contribution in [3.8, 4) is 5.75 Å². The molecule has 7 heteroatoms. The summed E-state index contributed by atoms with van der Waals surface area (Å²) in [6.45, 7) is 3.13. The molecule has 0 saturated carbocycles. The molecule has 0 bridgehead atoms. The van der Waals surface area contributed by atoms with Gasteiger partial charge < -0.3 is 20.7 Å². The number of nitrogens with one attached hydrogen (secondary N) is 1. The maximum Gasteiger partial charge on any atom is 0.257 e. The molecule has 1 atom stereocenters. The van der Waals surface area contributed by atoms with Gasteiger partial charge in [-0.3, -0.25) is 9.59 Å². The van der Waals surface area contributed by atoms with E-state index in [1.54, 1.807) is 17.0 Å². The van der Waals surface area contributed by atoms with Crippen molar-refractivity contribution in [2.24, 2.45) is 5.73 Å². The predicted molar refractivity (Wildman–Crippen MR) is 92.0 cm³/mol. The summed E-state index contributed by atoms with van der Waals surface area (Å²) in [4.78, 5) is 25.1. The van der Waals surface area contributed by atoms with Crippen LogP contribution in [-0.4, -0.2) is 37.6 Å². The highest BCUT2D eigenvalue weighted by atomic mass is 35.5. The first kappa shape index (κ1) is 19.3. The van der Waals surface area contributed by atoms with Crippen molar-refractivity contribution in [2.45, 2.75) is 32.2 Å². The lowest BCUT2D eigenvalue weighted by Crippen LogP contribution is -2.32. The van der Waals surface area contributed by atoms with Gasteiger partial charge in [-0.15, -0.1) is 12.4 Å². The Morgan fingerprint density at radius 1 is 1.48 bits per heavy atom. The summed E-state index contributed by atoms with van der Waals surface area (Å²) in [5, 5.41) is 2.75. The largest absolute Gasteiger partial charge is 0.484 e. The van der Waals surface area contributed by atoms with Crippen molar-refractivity contribution in [3.05, 3.63) is 24.3 Å². The summed E-state index contributed by atoms with van der Waals surface area (Å²) >= 11 is 0. The van der Waals surface area contributed by atoms with Gasteiger partial charge in [0.2, 0.25) is 5.91 Å². The van der Waals surface area contributed by atoms with Gasteiger partial charge in [0.05, 0.1) is 0 Å². The number of nitrogens with zero attached hydrogens (tertiary/aromatic N) is 1. The van der Waals surface area contributed by atoms with Crippen LogP contribution in [0.15, 0.2) is 24.3 Å². The number of carbonyl (C=O) groups is 2. The Hall–Kier alpha value is -1.79. The molecule has 23 heavy (non-hydrogen) atoms. The number of amides is 2. The van der Waals surface area contributed by atoms with Gasteiger partial charge in [0, 0.05) is 37.3 Å². The second kappa shape index (κ2) is 9.37. The smallest absolute Gasteiger partial charge is 0.257 e. The third-order valence-electron chi connectivity index (χ3n) is 3.49. The SMILES string of the molecule is CC(N)CCNC(=O)COc1cccc(N2CCCC2=O)c1.Cl. The number of rotatable bonds is 7. The van der Waals surface area contributed by atoms with E-state index >= 15 is 0 Å². The first-order valence-corrected chi connectivity index (χ1v) is 7.62. The van der Waals surface area contributed by atoms with Crippen LogP contribution in [0, 0.1) is 0 Å². The fourth-order valence-corrected chi connectivity index (χ4v) is 2.30. The molecule has 1 aliphatic rings. The molecular weight excluding hydrogens is 318 g/mol. The van der Waals surface area contributed by atoms with E-state index < -0.39 is 0 Å². The van der Waals surface area contributed by atoms with Crippen LogP contribution in [0.3, 0.4) is 0 Å². The average molecular weight is 342 g/mol. The minimum atomic E-state index is -0.177. The molecule has 6 nitrogen and oxygen atoms in total. The number of anilines is 1. The zero-order valence-electron chi connectivity index (χ0n) is 13.3. The van der Waals surface area contributed by atoms with Gasteiger partial charge >= 0.3 is 0 Å². The molecule has 1 aromatic rings. The number of ether oxygens (including phenoxy) is 1. The molecule has 0 aliphatic carbocycles. The summed E-state index contributed by atoms with van der Waals surface area (Å²) in [7, 11) is 0. The van der Waals surface area contributed by atoms with Crippen LogP contribution < -0.4 is 20.7 Å². The van der Waals surface area contributed by atoms with Crippen molar-refractivity contribution in [1.29, 1.82) is 0 Å². The Kier molecular flexibility index (Phi) is 7.85. The van der Waals surface area contributed by atoms with Crippen LogP contribution in [0.2, 0.25) is 0 Å². The van der Waals surface area contributed by atoms with E-state index in [-0.39, 0.29) is 36.9 Å². The van der Waals surface area contributed by atoms with Gasteiger partial charge in [-0.05, 0) is 31.9 Å². The summed E-state index contributed by atoms with van der Waals surface area (Å²) in [5.41, 5.74) is 6.43.